The van der Waals surface area contributed by atoms with Crippen molar-refractivity contribution in [1.82, 2.24) is 4.98 Å². The van der Waals surface area contributed by atoms with Gasteiger partial charge in [-0.25, -0.2) is 4.98 Å². The van der Waals surface area contributed by atoms with Crippen LogP contribution < -0.4 is 4.90 Å². The molecular formula is C39H26N2O. The first-order valence-electron chi connectivity index (χ1n) is 14.1. The quantitative estimate of drug-likeness (QED) is 0.218. The predicted molar refractivity (Wildman–Crippen MR) is 175 cm³/mol. The lowest BCUT2D eigenvalue weighted by atomic mass is 9.98. The third kappa shape index (κ3) is 4.20. The van der Waals surface area contributed by atoms with E-state index in [1.807, 2.05) is 36.4 Å². The third-order valence-electron chi connectivity index (χ3n) is 7.89. The van der Waals surface area contributed by atoms with Gasteiger partial charge in [-0.05, 0) is 81.6 Å². The Morgan fingerprint density at radius 2 is 1.05 bits per heavy atom. The van der Waals surface area contributed by atoms with Crippen molar-refractivity contribution in [2.75, 3.05) is 4.90 Å². The molecule has 42 heavy (non-hydrogen) atoms. The summed E-state index contributed by atoms with van der Waals surface area (Å²) in [6, 6.07) is 55.1. The maximum atomic E-state index is 6.08. The molecule has 0 saturated carbocycles. The van der Waals surface area contributed by atoms with Crippen LogP contribution in [0.3, 0.4) is 0 Å². The lowest BCUT2D eigenvalue weighted by molar-refractivity contribution is 0.668. The Balaban J connectivity index is 1.25. The van der Waals surface area contributed by atoms with Gasteiger partial charge in [-0.2, -0.15) is 0 Å². The van der Waals surface area contributed by atoms with Gasteiger partial charge in [-0.15, -0.1) is 0 Å². The second-order valence-electron chi connectivity index (χ2n) is 10.4. The van der Waals surface area contributed by atoms with E-state index < -0.39 is 0 Å². The summed E-state index contributed by atoms with van der Waals surface area (Å²) in [4.78, 5) is 7.36. The molecule has 0 N–H and O–H groups in total. The Labute approximate surface area is 243 Å². The van der Waals surface area contributed by atoms with E-state index in [1.54, 1.807) is 0 Å². The van der Waals surface area contributed by atoms with Crippen molar-refractivity contribution in [3.63, 3.8) is 0 Å². The number of pyridine rings is 1. The Hall–Kier alpha value is -5.67. The third-order valence-corrected chi connectivity index (χ3v) is 7.89. The lowest BCUT2D eigenvalue weighted by Crippen LogP contribution is -2.11. The van der Waals surface area contributed by atoms with Crippen molar-refractivity contribution in [3.8, 4) is 22.3 Å². The second kappa shape index (κ2) is 10.1. The summed E-state index contributed by atoms with van der Waals surface area (Å²) in [5, 5.41) is 3.50. The van der Waals surface area contributed by atoms with Gasteiger partial charge in [0.25, 0.3) is 0 Å². The van der Waals surface area contributed by atoms with E-state index in [0.29, 0.717) is 0 Å². The topological polar surface area (TPSA) is 29.3 Å². The molecule has 2 aromatic heterocycles. The number of hydrogen-bond donors (Lipinski definition) is 0. The molecule has 0 saturated heterocycles. The first-order chi connectivity index (χ1) is 20.8. The first kappa shape index (κ1) is 24.2. The normalized spacial score (nSPS) is 11.3. The summed E-state index contributed by atoms with van der Waals surface area (Å²) >= 11 is 0. The SMILES string of the molecule is c1ccc(-c2ccc(N(c3ccc(-c4cccc5ccccc45)cc3)c3ccc4oc5ccccc5c4n3)cc2)cc1. The van der Waals surface area contributed by atoms with Crippen molar-refractivity contribution in [2.45, 2.75) is 0 Å². The number of aromatic nitrogens is 1. The molecule has 3 heteroatoms. The maximum absolute atomic E-state index is 6.08. The summed E-state index contributed by atoms with van der Waals surface area (Å²) in [5.74, 6) is 0.833. The highest BCUT2D eigenvalue weighted by atomic mass is 16.3. The fraction of sp³-hybridized carbons (Fsp3) is 0. The Morgan fingerprint density at radius 3 is 1.83 bits per heavy atom. The average Bonchev–Trinajstić information content (AvgIpc) is 3.44. The van der Waals surface area contributed by atoms with E-state index in [-0.39, 0.29) is 0 Å². The van der Waals surface area contributed by atoms with E-state index in [2.05, 4.69) is 126 Å². The molecule has 0 spiro atoms. The summed E-state index contributed by atoms with van der Waals surface area (Å²) in [5.41, 5.74) is 9.33. The molecule has 8 aromatic rings. The number of hydrogen-bond acceptors (Lipinski definition) is 3. The zero-order chi connectivity index (χ0) is 27.9. The first-order valence-corrected chi connectivity index (χ1v) is 14.1. The average molecular weight is 539 g/mol. The molecule has 0 aliphatic rings. The van der Waals surface area contributed by atoms with Crippen molar-refractivity contribution >= 4 is 50.0 Å². The number of benzene rings is 6. The van der Waals surface area contributed by atoms with Crippen LogP contribution in [-0.2, 0) is 0 Å². The van der Waals surface area contributed by atoms with Gasteiger partial charge in [-0.3, -0.25) is 4.90 Å². The highest BCUT2D eigenvalue weighted by Crippen LogP contribution is 2.38. The van der Waals surface area contributed by atoms with Crippen molar-refractivity contribution in [3.05, 3.63) is 158 Å². The number of para-hydroxylation sites is 1. The molecule has 0 atom stereocenters. The molecule has 0 amide bonds. The molecule has 0 aliphatic carbocycles. The molecule has 0 fully saturated rings. The largest absolute Gasteiger partial charge is 0.454 e. The van der Waals surface area contributed by atoms with Crippen molar-refractivity contribution in [2.24, 2.45) is 0 Å². The van der Waals surface area contributed by atoms with E-state index in [4.69, 9.17) is 9.40 Å². The van der Waals surface area contributed by atoms with Crippen molar-refractivity contribution < 1.29 is 4.42 Å². The highest BCUT2D eigenvalue weighted by Gasteiger charge is 2.17. The van der Waals surface area contributed by atoms with Gasteiger partial charge in [0.05, 0.1) is 0 Å². The molecule has 3 nitrogen and oxygen atoms in total. The lowest BCUT2D eigenvalue weighted by Gasteiger charge is -2.25. The zero-order valence-corrected chi connectivity index (χ0v) is 22.8. The highest BCUT2D eigenvalue weighted by molar-refractivity contribution is 6.03. The van der Waals surface area contributed by atoms with Crippen LogP contribution in [0.4, 0.5) is 17.2 Å². The minimum atomic E-state index is 0.783. The standard InChI is InChI=1S/C39H26N2O/c1-2-9-27(10-3-1)28-17-21-31(22-18-28)41(38-26-25-37-39(40-38)35-14-6-7-16-36(35)42-37)32-23-19-30(20-24-32)34-15-8-12-29-11-4-5-13-33(29)34/h1-26H. The Morgan fingerprint density at radius 1 is 0.429 bits per heavy atom. The minimum absolute atomic E-state index is 0.783. The molecule has 2 heterocycles. The smallest absolute Gasteiger partial charge is 0.154 e. The predicted octanol–water partition coefficient (Wildman–Crippen LogP) is 10.9. The molecule has 8 rings (SSSR count). The molecule has 198 valence electrons. The van der Waals surface area contributed by atoms with Crippen LogP contribution >= 0.6 is 0 Å². The number of rotatable bonds is 5. The zero-order valence-electron chi connectivity index (χ0n) is 22.8. The summed E-state index contributed by atoms with van der Waals surface area (Å²) in [6.07, 6.45) is 0. The summed E-state index contributed by atoms with van der Waals surface area (Å²) in [6.45, 7) is 0. The molecular weight excluding hydrogens is 512 g/mol. The second-order valence-corrected chi connectivity index (χ2v) is 10.4. The van der Waals surface area contributed by atoms with Gasteiger partial charge in [0, 0.05) is 16.8 Å². The van der Waals surface area contributed by atoms with Crippen LogP contribution in [0.25, 0.3) is 55.1 Å². The minimum Gasteiger partial charge on any atom is -0.454 e. The fourth-order valence-electron chi connectivity index (χ4n) is 5.82. The Bertz CT molecular complexity index is 2170. The monoisotopic (exact) mass is 538 g/mol. The Kier molecular flexibility index (Phi) is 5.79. The molecule has 0 bridgehead atoms. The van der Waals surface area contributed by atoms with Gasteiger partial charge < -0.3 is 4.42 Å². The summed E-state index contributed by atoms with van der Waals surface area (Å²) < 4.78 is 6.08. The summed E-state index contributed by atoms with van der Waals surface area (Å²) in [7, 11) is 0. The fourth-order valence-corrected chi connectivity index (χ4v) is 5.82. The van der Waals surface area contributed by atoms with Crippen LogP contribution in [0.2, 0.25) is 0 Å². The van der Waals surface area contributed by atoms with Gasteiger partial charge in [0.15, 0.2) is 5.58 Å². The van der Waals surface area contributed by atoms with Crippen LogP contribution in [-0.4, -0.2) is 4.98 Å². The number of fused-ring (bicyclic) bond motifs is 4. The van der Waals surface area contributed by atoms with E-state index in [1.165, 1.54) is 33.0 Å². The number of nitrogens with zero attached hydrogens (tertiary/aromatic N) is 2. The molecule has 6 aromatic carbocycles. The molecule has 0 aliphatic heterocycles. The van der Waals surface area contributed by atoms with Gasteiger partial charge in [-0.1, -0.05) is 109 Å². The van der Waals surface area contributed by atoms with E-state index in [0.717, 1.165) is 39.3 Å². The van der Waals surface area contributed by atoms with Gasteiger partial charge >= 0.3 is 0 Å². The van der Waals surface area contributed by atoms with Crippen LogP contribution in [0.1, 0.15) is 0 Å². The number of furan rings is 1. The molecule has 0 radical (unpaired) electrons. The van der Waals surface area contributed by atoms with Crippen LogP contribution in [0.15, 0.2) is 162 Å². The van der Waals surface area contributed by atoms with E-state index >= 15 is 0 Å². The van der Waals surface area contributed by atoms with E-state index in [9.17, 15) is 0 Å². The van der Waals surface area contributed by atoms with Gasteiger partial charge in [0.2, 0.25) is 0 Å². The number of anilines is 3. The molecule has 0 unspecified atom stereocenters. The van der Waals surface area contributed by atoms with Crippen LogP contribution in [0.5, 0.6) is 0 Å². The van der Waals surface area contributed by atoms with Gasteiger partial charge in [0.1, 0.15) is 16.9 Å². The van der Waals surface area contributed by atoms with Crippen LogP contribution in [0, 0.1) is 0 Å². The van der Waals surface area contributed by atoms with Crippen molar-refractivity contribution in [1.29, 1.82) is 0 Å². The maximum Gasteiger partial charge on any atom is 0.154 e.